The Balaban J connectivity index is 1.64. The van der Waals surface area contributed by atoms with E-state index in [1.165, 1.54) is 0 Å². The molecule has 5 heteroatoms. The molecule has 102 valence electrons. The average molecular weight is 299 g/mol. The molecule has 1 saturated heterocycles. The van der Waals surface area contributed by atoms with Crippen LogP contribution in [0.4, 0.5) is 5.69 Å². The van der Waals surface area contributed by atoms with Crippen molar-refractivity contribution >= 4 is 34.8 Å². The number of rotatable bonds is 2. The molecule has 0 bridgehead atoms. The summed E-state index contributed by atoms with van der Waals surface area (Å²) in [5.41, 5.74) is 1.04. The molecule has 1 aliphatic heterocycles. The van der Waals surface area contributed by atoms with Gasteiger partial charge < -0.3 is 9.80 Å². The summed E-state index contributed by atoms with van der Waals surface area (Å²) in [6.07, 6.45) is 2.14. The third kappa shape index (κ3) is 2.98. The van der Waals surface area contributed by atoms with Gasteiger partial charge in [-0.1, -0.05) is 23.2 Å². The van der Waals surface area contributed by atoms with Crippen LogP contribution in [-0.4, -0.2) is 37.0 Å². The molecule has 1 aliphatic carbocycles. The molecule has 3 rings (SSSR count). The van der Waals surface area contributed by atoms with Crippen LogP contribution in [0.15, 0.2) is 18.2 Å². The van der Waals surface area contributed by atoms with Crippen molar-refractivity contribution in [3.63, 3.8) is 0 Å². The van der Waals surface area contributed by atoms with Crippen LogP contribution in [0, 0.1) is 5.92 Å². The maximum Gasteiger partial charge on any atom is 0.225 e. The number of amides is 1. The van der Waals surface area contributed by atoms with Crippen molar-refractivity contribution in [1.29, 1.82) is 0 Å². The first-order valence-electron chi connectivity index (χ1n) is 6.63. The Hall–Kier alpha value is -0.930. The topological polar surface area (TPSA) is 23.6 Å². The van der Waals surface area contributed by atoms with Crippen molar-refractivity contribution in [2.75, 3.05) is 31.1 Å². The van der Waals surface area contributed by atoms with Gasteiger partial charge >= 0.3 is 0 Å². The zero-order valence-electron chi connectivity index (χ0n) is 10.6. The second kappa shape index (κ2) is 5.22. The maximum absolute atomic E-state index is 12.0. The van der Waals surface area contributed by atoms with E-state index in [4.69, 9.17) is 23.2 Å². The molecule has 0 radical (unpaired) electrons. The molecule has 1 heterocycles. The molecule has 0 aromatic heterocycles. The fraction of sp³-hybridized carbons (Fsp3) is 0.500. The summed E-state index contributed by atoms with van der Waals surface area (Å²) in [6.45, 7) is 3.27. The summed E-state index contributed by atoms with van der Waals surface area (Å²) < 4.78 is 0. The predicted molar refractivity (Wildman–Crippen MR) is 78.0 cm³/mol. The van der Waals surface area contributed by atoms with Gasteiger partial charge in [-0.2, -0.15) is 0 Å². The highest BCUT2D eigenvalue weighted by Crippen LogP contribution is 2.32. The van der Waals surface area contributed by atoms with Crippen molar-refractivity contribution in [1.82, 2.24) is 4.90 Å². The Morgan fingerprint density at radius 2 is 1.58 bits per heavy atom. The van der Waals surface area contributed by atoms with Crippen molar-refractivity contribution < 1.29 is 4.79 Å². The predicted octanol–water partition coefficient (Wildman–Crippen LogP) is 3.05. The molecule has 1 amide bonds. The van der Waals surface area contributed by atoms with Crippen LogP contribution < -0.4 is 4.90 Å². The zero-order chi connectivity index (χ0) is 13.4. The van der Waals surface area contributed by atoms with Gasteiger partial charge in [-0.05, 0) is 31.0 Å². The first kappa shape index (κ1) is 13.1. The summed E-state index contributed by atoms with van der Waals surface area (Å²) in [5.74, 6) is 0.649. The summed E-state index contributed by atoms with van der Waals surface area (Å²) in [7, 11) is 0. The van der Waals surface area contributed by atoms with E-state index < -0.39 is 0 Å². The second-order valence-electron chi connectivity index (χ2n) is 5.21. The lowest BCUT2D eigenvalue weighted by Crippen LogP contribution is -2.49. The van der Waals surface area contributed by atoms with Crippen LogP contribution in [0.1, 0.15) is 12.8 Å². The lowest BCUT2D eigenvalue weighted by Gasteiger charge is -2.36. The van der Waals surface area contributed by atoms with Crippen molar-refractivity contribution in [2.24, 2.45) is 5.92 Å². The molecule has 2 aliphatic rings. The maximum atomic E-state index is 12.0. The standard InChI is InChI=1S/C14H16Cl2N2O/c15-11-7-12(16)9-13(8-11)17-3-5-18(6-4-17)14(19)10-1-2-10/h7-10H,1-6H2. The Labute approximate surface area is 123 Å². The first-order chi connectivity index (χ1) is 9.13. The molecule has 3 nitrogen and oxygen atoms in total. The van der Waals surface area contributed by atoms with Gasteiger partial charge in [-0.15, -0.1) is 0 Å². The molecule has 0 unspecified atom stereocenters. The smallest absolute Gasteiger partial charge is 0.225 e. The number of benzene rings is 1. The molecule has 1 aromatic rings. The van der Waals surface area contributed by atoms with Gasteiger partial charge in [0.15, 0.2) is 0 Å². The van der Waals surface area contributed by atoms with Gasteiger partial charge in [0, 0.05) is 47.8 Å². The van der Waals surface area contributed by atoms with E-state index in [2.05, 4.69) is 4.90 Å². The van der Waals surface area contributed by atoms with E-state index in [0.29, 0.717) is 21.9 Å². The van der Waals surface area contributed by atoms with E-state index in [1.54, 1.807) is 6.07 Å². The summed E-state index contributed by atoms with van der Waals surface area (Å²) in [6, 6.07) is 5.58. The van der Waals surface area contributed by atoms with Gasteiger partial charge in [0.1, 0.15) is 0 Å². The van der Waals surface area contributed by atoms with Crippen LogP contribution in [0.5, 0.6) is 0 Å². The van der Waals surface area contributed by atoms with Crippen LogP contribution in [0.2, 0.25) is 10.0 Å². The van der Waals surface area contributed by atoms with E-state index in [1.807, 2.05) is 17.0 Å². The number of hydrogen-bond donors (Lipinski definition) is 0. The van der Waals surface area contributed by atoms with E-state index in [0.717, 1.165) is 44.7 Å². The lowest BCUT2D eigenvalue weighted by molar-refractivity contribution is -0.132. The van der Waals surface area contributed by atoms with E-state index in [9.17, 15) is 4.79 Å². The molecule has 0 atom stereocenters. The normalized spacial score (nSPS) is 19.7. The molecular formula is C14H16Cl2N2O. The average Bonchev–Trinajstić information content (AvgIpc) is 3.21. The molecule has 0 spiro atoms. The third-order valence-electron chi connectivity index (χ3n) is 3.73. The fourth-order valence-electron chi connectivity index (χ4n) is 2.50. The van der Waals surface area contributed by atoms with Gasteiger partial charge in [0.25, 0.3) is 0 Å². The molecule has 0 N–H and O–H groups in total. The largest absolute Gasteiger partial charge is 0.368 e. The minimum Gasteiger partial charge on any atom is -0.368 e. The molecule has 1 saturated carbocycles. The SMILES string of the molecule is O=C(C1CC1)N1CCN(c2cc(Cl)cc(Cl)c2)CC1. The van der Waals surface area contributed by atoms with Crippen molar-refractivity contribution in [2.45, 2.75) is 12.8 Å². The highest BCUT2D eigenvalue weighted by Gasteiger charge is 2.34. The minimum absolute atomic E-state index is 0.312. The van der Waals surface area contributed by atoms with Gasteiger partial charge in [-0.25, -0.2) is 0 Å². The summed E-state index contributed by atoms with van der Waals surface area (Å²) >= 11 is 12.0. The summed E-state index contributed by atoms with van der Waals surface area (Å²) in [4.78, 5) is 16.2. The monoisotopic (exact) mass is 298 g/mol. The van der Waals surface area contributed by atoms with Gasteiger partial charge in [0.05, 0.1) is 0 Å². The van der Waals surface area contributed by atoms with Crippen molar-refractivity contribution in [3.05, 3.63) is 28.2 Å². The number of nitrogens with zero attached hydrogens (tertiary/aromatic N) is 2. The highest BCUT2D eigenvalue weighted by molar-refractivity contribution is 6.35. The molecule has 1 aromatic carbocycles. The molecule has 19 heavy (non-hydrogen) atoms. The van der Waals surface area contributed by atoms with Crippen molar-refractivity contribution in [3.8, 4) is 0 Å². The van der Waals surface area contributed by atoms with Gasteiger partial charge in [0.2, 0.25) is 5.91 Å². The lowest BCUT2D eigenvalue weighted by atomic mass is 10.2. The Bertz CT molecular complexity index is 474. The van der Waals surface area contributed by atoms with Crippen LogP contribution >= 0.6 is 23.2 Å². The number of anilines is 1. The van der Waals surface area contributed by atoms with E-state index >= 15 is 0 Å². The van der Waals surface area contributed by atoms with Crippen LogP contribution in [0.3, 0.4) is 0 Å². The van der Waals surface area contributed by atoms with Crippen LogP contribution in [0.25, 0.3) is 0 Å². The Morgan fingerprint density at radius 1 is 1.00 bits per heavy atom. The fourth-order valence-corrected chi connectivity index (χ4v) is 3.01. The minimum atomic E-state index is 0.312. The Kier molecular flexibility index (Phi) is 3.59. The number of halogens is 2. The Morgan fingerprint density at radius 3 is 2.11 bits per heavy atom. The quantitative estimate of drug-likeness (QED) is 0.838. The number of carbonyl (C=O) groups is 1. The highest BCUT2D eigenvalue weighted by atomic mass is 35.5. The second-order valence-corrected chi connectivity index (χ2v) is 6.09. The van der Waals surface area contributed by atoms with E-state index in [-0.39, 0.29) is 0 Å². The zero-order valence-corrected chi connectivity index (χ0v) is 12.1. The van der Waals surface area contributed by atoms with Gasteiger partial charge in [-0.3, -0.25) is 4.79 Å². The molecule has 2 fully saturated rings. The number of hydrogen-bond acceptors (Lipinski definition) is 2. The first-order valence-corrected chi connectivity index (χ1v) is 7.39. The number of piperazine rings is 1. The van der Waals surface area contributed by atoms with Crippen LogP contribution in [-0.2, 0) is 4.79 Å². The molecular weight excluding hydrogens is 283 g/mol. The summed E-state index contributed by atoms with van der Waals surface area (Å²) in [5, 5.41) is 1.30. The number of carbonyl (C=O) groups excluding carboxylic acids is 1. The third-order valence-corrected chi connectivity index (χ3v) is 4.17.